The maximum Gasteiger partial charge on any atom is 0.338 e. The van der Waals surface area contributed by atoms with Gasteiger partial charge >= 0.3 is 12.0 Å². The summed E-state index contributed by atoms with van der Waals surface area (Å²) in [5.41, 5.74) is 1.39. The van der Waals surface area contributed by atoms with E-state index in [9.17, 15) is 14.7 Å². The van der Waals surface area contributed by atoms with E-state index in [0.717, 1.165) is 0 Å². The third-order valence-electron chi connectivity index (χ3n) is 4.04. The quantitative estimate of drug-likeness (QED) is 0.538. The minimum absolute atomic E-state index is 0.0702. The van der Waals surface area contributed by atoms with Crippen molar-refractivity contribution in [3.8, 4) is 11.5 Å². The number of phenolic OH excluding ortho intramolecular Hbond substituents is 1. The van der Waals surface area contributed by atoms with E-state index in [4.69, 9.17) is 9.47 Å². The van der Waals surface area contributed by atoms with Crippen LogP contribution in [-0.2, 0) is 9.53 Å². The second-order valence-corrected chi connectivity index (χ2v) is 5.96. The van der Waals surface area contributed by atoms with Crippen LogP contribution in [0.2, 0.25) is 0 Å². The first-order chi connectivity index (χ1) is 13.0. The molecule has 0 radical (unpaired) electrons. The van der Waals surface area contributed by atoms with E-state index in [1.165, 1.54) is 12.1 Å². The molecule has 3 rings (SSSR count). The zero-order valence-electron chi connectivity index (χ0n) is 14.8. The normalized spacial score (nSPS) is 16.3. The molecule has 1 heterocycles. The number of urea groups is 1. The lowest BCUT2D eigenvalue weighted by atomic mass is 9.95. The number of esters is 1. The number of aromatic hydroxyl groups is 1. The van der Waals surface area contributed by atoms with Crippen LogP contribution < -0.4 is 15.4 Å². The van der Waals surface area contributed by atoms with Crippen LogP contribution >= 0.6 is 0 Å². The number of nitrogens with one attached hydrogen (secondary N) is 2. The van der Waals surface area contributed by atoms with E-state index in [2.05, 4.69) is 10.6 Å². The van der Waals surface area contributed by atoms with Gasteiger partial charge in [0.05, 0.1) is 11.6 Å². The van der Waals surface area contributed by atoms with Crippen LogP contribution in [0.15, 0.2) is 65.9 Å². The van der Waals surface area contributed by atoms with Gasteiger partial charge in [0.2, 0.25) is 0 Å². The van der Waals surface area contributed by atoms with E-state index in [0.29, 0.717) is 22.6 Å². The number of ether oxygens (including phenoxy) is 2. The van der Waals surface area contributed by atoms with Gasteiger partial charge in [-0.25, -0.2) is 9.59 Å². The summed E-state index contributed by atoms with van der Waals surface area (Å²) in [4.78, 5) is 24.4. The molecule has 2 aromatic rings. The van der Waals surface area contributed by atoms with Crippen LogP contribution in [0.1, 0.15) is 18.5 Å². The minimum Gasteiger partial charge on any atom is -0.508 e. The molecule has 0 bridgehead atoms. The SMILES string of the molecule is CC1=C(C(=O)OCCOc2ccccc2)C(c2ccc(O)cc2)NC(=O)N1. The van der Waals surface area contributed by atoms with Gasteiger partial charge in [-0.1, -0.05) is 30.3 Å². The van der Waals surface area contributed by atoms with Crippen molar-refractivity contribution in [2.24, 2.45) is 0 Å². The number of hydrogen-bond acceptors (Lipinski definition) is 5. The molecular formula is C20H20N2O5. The number of carbonyl (C=O) groups excluding carboxylic acids is 2. The summed E-state index contributed by atoms with van der Waals surface area (Å²) in [6, 6.07) is 14.4. The first kappa shape index (κ1) is 18.3. The Kier molecular flexibility index (Phi) is 5.61. The maximum atomic E-state index is 12.6. The number of phenols is 1. The van der Waals surface area contributed by atoms with E-state index in [1.807, 2.05) is 30.3 Å². The summed E-state index contributed by atoms with van der Waals surface area (Å²) in [5, 5.41) is 14.7. The lowest BCUT2D eigenvalue weighted by molar-refractivity contribution is -0.140. The highest BCUT2D eigenvalue weighted by atomic mass is 16.6. The lowest BCUT2D eigenvalue weighted by Crippen LogP contribution is -2.45. The summed E-state index contributed by atoms with van der Waals surface area (Å²) < 4.78 is 10.8. The van der Waals surface area contributed by atoms with Crippen molar-refractivity contribution in [1.82, 2.24) is 10.6 Å². The summed E-state index contributed by atoms with van der Waals surface area (Å²) in [7, 11) is 0. The Hall–Kier alpha value is -3.48. The van der Waals surface area contributed by atoms with Crippen LogP contribution in [-0.4, -0.2) is 30.3 Å². The maximum absolute atomic E-state index is 12.6. The largest absolute Gasteiger partial charge is 0.508 e. The van der Waals surface area contributed by atoms with Crippen LogP contribution in [0.3, 0.4) is 0 Å². The van der Waals surface area contributed by atoms with E-state index >= 15 is 0 Å². The average molecular weight is 368 g/mol. The predicted molar refractivity (Wildman–Crippen MR) is 98.1 cm³/mol. The van der Waals surface area contributed by atoms with Crippen molar-refractivity contribution in [3.05, 3.63) is 71.4 Å². The Morgan fingerprint density at radius 3 is 2.48 bits per heavy atom. The van der Waals surface area contributed by atoms with Gasteiger partial charge in [0.1, 0.15) is 24.7 Å². The van der Waals surface area contributed by atoms with Gasteiger partial charge < -0.3 is 25.2 Å². The molecule has 2 aromatic carbocycles. The van der Waals surface area contributed by atoms with Crippen LogP contribution in [0, 0.1) is 0 Å². The second kappa shape index (κ2) is 8.27. The van der Waals surface area contributed by atoms with Crippen molar-refractivity contribution in [2.45, 2.75) is 13.0 Å². The zero-order chi connectivity index (χ0) is 19.2. The Balaban J connectivity index is 1.67. The summed E-state index contributed by atoms with van der Waals surface area (Å²) >= 11 is 0. The predicted octanol–water partition coefficient (Wildman–Crippen LogP) is 2.64. The first-order valence-electron chi connectivity index (χ1n) is 8.47. The zero-order valence-corrected chi connectivity index (χ0v) is 14.8. The molecule has 0 aromatic heterocycles. The molecule has 1 unspecified atom stereocenters. The first-order valence-corrected chi connectivity index (χ1v) is 8.47. The highest BCUT2D eigenvalue weighted by Crippen LogP contribution is 2.28. The molecule has 2 amide bonds. The fourth-order valence-electron chi connectivity index (χ4n) is 2.77. The molecule has 1 aliphatic heterocycles. The Morgan fingerprint density at radius 1 is 1.07 bits per heavy atom. The van der Waals surface area contributed by atoms with Crippen molar-refractivity contribution in [3.63, 3.8) is 0 Å². The highest BCUT2D eigenvalue weighted by molar-refractivity contribution is 5.95. The van der Waals surface area contributed by atoms with Crippen molar-refractivity contribution < 1.29 is 24.2 Å². The van der Waals surface area contributed by atoms with E-state index in [-0.39, 0.29) is 19.0 Å². The third kappa shape index (κ3) is 4.58. The van der Waals surface area contributed by atoms with Crippen LogP contribution in [0.25, 0.3) is 0 Å². The van der Waals surface area contributed by atoms with Gasteiger partial charge in [0, 0.05) is 5.70 Å². The van der Waals surface area contributed by atoms with Crippen molar-refractivity contribution in [1.29, 1.82) is 0 Å². The number of benzene rings is 2. The Morgan fingerprint density at radius 2 is 1.78 bits per heavy atom. The fourth-order valence-corrected chi connectivity index (χ4v) is 2.77. The topological polar surface area (TPSA) is 96.9 Å². The van der Waals surface area contributed by atoms with Gasteiger partial charge in [-0.3, -0.25) is 0 Å². The highest BCUT2D eigenvalue weighted by Gasteiger charge is 2.32. The van der Waals surface area contributed by atoms with Crippen molar-refractivity contribution >= 4 is 12.0 Å². The van der Waals surface area contributed by atoms with E-state index < -0.39 is 18.0 Å². The molecule has 0 fully saturated rings. The molecule has 3 N–H and O–H groups in total. The van der Waals surface area contributed by atoms with Gasteiger partial charge in [-0.15, -0.1) is 0 Å². The monoisotopic (exact) mass is 368 g/mol. The number of amides is 2. The minimum atomic E-state index is -0.665. The molecule has 0 spiro atoms. The van der Waals surface area contributed by atoms with E-state index in [1.54, 1.807) is 19.1 Å². The standard InChI is InChI=1S/C20H20N2O5/c1-13-17(19(24)27-12-11-26-16-5-3-2-4-6-16)18(22-20(25)21-13)14-7-9-15(23)10-8-14/h2-10,18,23H,11-12H2,1H3,(H2,21,22,25). The Labute approximate surface area is 156 Å². The smallest absolute Gasteiger partial charge is 0.338 e. The lowest BCUT2D eigenvalue weighted by Gasteiger charge is -2.28. The van der Waals surface area contributed by atoms with Gasteiger partial charge in [0.25, 0.3) is 0 Å². The van der Waals surface area contributed by atoms with Gasteiger partial charge in [-0.2, -0.15) is 0 Å². The second-order valence-electron chi connectivity index (χ2n) is 5.96. The molecule has 0 aliphatic carbocycles. The number of para-hydroxylation sites is 1. The summed E-state index contributed by atoms with van der Waals surface area (Å²) in [6.45, 7) is 1.93. The summed E-state index contributed by atoms with van der Waals surface area (Å²) in [5.74, 6) is 0.245. The Bertz CT molecular complexity index is 846. The molecule has 0 saturated carbocycles. The molecule has 1 aliphatic rings. The fraction of sp³-hybridized carbons (Fsp3) is 0.200. The third-order valence-corrected chi connectivity index (χ3v) is 4.04. The number of allylic oxidation sites excluding steroid dienone is 1. The number of carbonyl (C=O) groups is 2. The molecular weight excluding hydrogens is 348 g/mol. The molecule has 140 valence electrons. The molecule has 7 nitrogen and oxygen atoms in total. The van der Waals surface area contributed by atoms with Crippen LogP contribution in [0.5, 0.6) is 11.5 Å². The average Bonchev–Trinajstić information content (AvgIpc) is 2.66. The molecule has 0 saturated heterocycles. The van der Waals surface area contributed by atoms with Crippen LogP contribution in [0.4, 0.5) is 4.79 Å². The number of rotatable bonds is 6. The van der Waals surface area contributed by atoms with Gasteiger partial charge in [-0.05, 0) is 36.8 Å². The number of hydrogen-bond donors (Lipinski definition) is 3. The van der Waals surface area contributed by atoms with Crippen molar-refractivity contribution in [2.75, 3.05) is 13.2 Å². The molecule has 7 heteroatoms. The molecule has 27 heavy (non-hydrogen) atoms. The molecule has 1 atom stereocenters. The summed E-state index contributed by atoms with van der Waals surface area (Å²) in [6.07, 6.45) is 0. The van der Waals surface area contributed by atoms with Gasteiger partial charge in [0.15, 0.2) is 0 Å².